The van der Waals surface area contributed by atoms with Crippen molar-refractivity contribution in [3.05, 3.63) is 24.3 Å². The Balaban J connectivity index is 2.26. The van der Waals surface area contributed by atoms with Crippen LogP contribution < -0.4 is 4.90 Å². The number of phenolic OH excluding ortho intramolecular Hbond substituents is 1. The van der Waals surface area contributed by atoms with E-state index in [-0.39, 0.29) is 11.5 Å². The Bertz CT molecular complexity index is 335. The van der Waals surface area contributed by atoms with Crippen molar-refractivity contribution in [1.29, 1.82) is 0 Å². The minimum Gasteiger partial charge on any atom is -0.506 e. The van der Waals surface area contributed by atoms with Gasteiger partial charge in [-0.1, -0.05) is 12.1 Å². The van der Waals surface area contributed by atoms with Crippen LogP contribution in [0.4, 0.5) is 5.69 Å². The van der Waals surface area contributed by atoms with Gasteiger partial charge >= 0.3 is 0 Å². The number of carbonyl (C=O) groups is 1. The van der Waals surface area contributed by atoms with Crippen LogP contribution in [0.5, 0.6) is 5.75 Å². The van der Waals surface area contributed by atoms with Crippen molar-refractivity contribution in [3.63, 3.8) is 0 Å². The summed E-state index contributed by atoms with van der Waals surface area (Å²) in [7, 11) is 0. The van der Waals surface area contributed by atoms with Gasteiger partial charge in [0.25, 0.3) is 0 Å². The molecule has 1 aliphatic rings. The van der Waals surface area contributed by atoms with E-state index in [9.17, 15) is 9.90 Å². The molecule has 0 radical (unpaired) electrons. The van der Waals surface area contributed by atoms with Crippen LogP contribution in [0.1, 0.15) is 6.42 Å². The van der Waals surface area contributed by atoms with Crippen molar-refractivity contribution < 1.29 is 9.90 Å². The Morgan fingerprint density at radius 2 is 2.08 bits per heavy atom. The van der Waals surface area contributed by atoms with Crippen molar-refractivity contribution in [2.45, 2.75) is 6.42 Å². The van der Waals surface area contributed by atoms with Crippen LogP contribution in [0.3, 0.4) is 0 Å². The first kappa shape index (κ1) is 8.10. The molecule has 0 unspecified atom stereocenters. The number of phenols is 1. The molecule has 1 aliphatic heterocycles. The van der Waals surface area contributed by atoms with Crippen LogP contribution in [0, 0.1) is 0 Å². The van der Waals surface area contributed by atoms with Gasteiger partial charge in [-0.2, -0.15) is 0 Å². The zero-order valence-electron chi connectivity index (χ0n) is 7.23. The molecule has 2 rings (SSSR count). The average molecular weight is 177 g/mol. The number of nitrogens with zero attached hydrogens (tertiary/aromatic N) is 1. The van der Waals surface area contributed by atoms with Gasteiger partial charge in [-0.25, -0.2) is 0 Å². The lowest BCUT2D eigenvalue weighted by Crippen LogP contribution is -2.19. The van der Waals surface area contributed by atoms with E-state index in [2.05, 4.69) is 0 Å². The van der Waals surface area contributed by atoms with Crippen molar-refractivity contribution in [2.75, 3.05) is 18.0 Å². The van der Waals surface area contributed by atoms with E-state index in [1.807, 2.05) is 17.0 Å². The van der Waals surface area contributed by atoms with Crippen LogP contribution in [0.2, 0.25) is 0 Å². The van der Waals surface area contributed by atoms with E-state index < -0.39 is 0 Å². The van der Waals surface area contributed by atoms with Crippen molar-refractivity contribution in [3.8, 4) is 5.75 Å². The zero-order valence-corrected chi connectivity index (χ0v) is 7.23. The Morgan fingerprint density at radius 3 is 2.69 bits per heavy atom. The molecule has 3 heteroatoms. The maximum absolute atomic E-state index is 11.0. The number of anilines is 1. The number of hydrogen-bond acceptors (Lipinski definition) is 3. The fourth-order valence-corrected chi connectivity index (χ4v) is 1.57. The van der Waals surface area contributed by atoms with E-state index in [1.54, 1.807) is 12.1 Å². The van der Waals surface area contributed by atoms with Crippen LogP contribution in [0.25, 0.3) is 0 Å². The Labute approximate surface area is 76.6 Å². The number of para-hydroxylation sites is 2. The molecule has 0 atom stereocenters. The highest BCUT2D eigenvalue weighted by Crippen LogP contribution is 2.28. The molecule has 13 heavy (non-hydrogen) atoms. The van der Waals surface area contributed by atoms with E-state index in [4.69, 9.17) is 0 Å². The van der Waals surface area contributed by atoms with Crippen LogP contribution >= 0.6 is 0 Å². The molecular formula is C10H11NO2. The highest BCUT2D eigenvalue weighted by molar-refractivity contribution is 5.87. The third-order valence-electron chi connectivity index (χ3n) is 2.25. The van der Waals surface area contributed by atoms with Gasteiger partial charge in [0, 0.05) is 13.0 Å². The van der Waals surface area contributed by atoms with E-state index in [0.717, 1.165) is 12.2 Å². The fraction of sp³-hybridized carbons (Fsp3) is 0.300. The number of hydrogen-bond donors (Lipinski definition) is 1. The summed E-state index contributed by atoms with van der Waals surface area (Å²) in [6, 6.07) is 7.10. The van der Waals surface area contributed by atoms with Gasteiger partial charge in [0.05, 0.1) is 12.2 Å². The molecule has 0 amide bonds. The molecule has 1 saturated heterocycles. The molecule has 1 fully saturated rings. The summed E-state index contributed by atoms with van der Waals surface area (Å²) in [6.07, 6.45) is 0.592. The predicted molar refractivity (Wildman–Crippen MR) is 49.9 cm³/mol. The van der Waals surface area contributed by atoms with Crippen molar-refractivity contribution in [1.82, 2.24) is 0 Å². The number of Topliss-reactive ketones (excluding diaryl/α,β-unsaturated/α-hetero) is 1. The van der Waals surface area contributed by atoms with Gasteiger partial charge in [0.1, 0.15) is 5.75 Å². The van der Waals surface area contributed by atoms with E-state index in [0.29, 0.717) is 13.0 Å². The van der Waals surface area contributed by atoms with Gasteiger partial charge in [0.2, 0.25) is 0 Å². The third-order valence-corrected chi connectivity index (χ3v) is 2.25. The highest BCUT2D eigenvalue weighted by atomic mass is 16.3. The summed E-state index contributed by atoms with van der Waals surface area (Å²) in [5.41, 5.74) is 0.758. The summed E-state index contributed by atoms with van der Waals surface area (Å²) in [5, 5.41) is 9.50. The summed E-state index contributed by atoms with van der Waals surface area (Å²) in [5.74, 6) is 0.487. The minimum absolute atomic E-state index is 0.239. The Kier molecular flexibility index (Phi) is 1.93. The maximum Gasteiger partial charge on any atom is 0.153 e. The molecule has 1 aromatic carbocycles. The fourth-order valence-electron chi connectivity index (χ4n) is 1.57. The van der Waals surface area contributed by atoms with E-state index >= 15 is 0 Å². The lowest BCUT2D eigenvalue weighted by atomic mass is 10.3. The third kappa shape index (κ3) is 1.49. The number of rotatable bonds is 1. The van der Waals surface area contributed by atoms with Gasteiger partial charge in [-0.05, 0) is 12.1 Å². The van der Waals surface area contributed by atoms with Crippen LogP contribution in [0.15, 0.2) is 24.3 Å². The molecule has 1 heterocycles. The molecule has 1 aromatic rings. The monoisotopic (exact) mass is 177 g/mol. The molecule has 0 bridgehead atoms. The van der Waals surface area contributed by atoms with Crippen LogP contribution in [-0.4, -0.2) is 24.0 Å². The molecule has 3 nitrogen and oxygen atoms in total. The number of carbonyl (C=O) groups excluding carboxylic acids is 1. The first-order valence-corrected chi connectivity index (χ1v) is 4.32. The molecule has 68 valence electrons. The number of aromatic hydroxyl groups is 1. The summed E-state index contributed by atoms with van der Waals surface area (Å²) >= 11 is 0. The molecule has 0 aromatic heterocycles. The smallest absolute Gasteiger partial charge is 0.153 e. The van der Waals surface area contributed by atoms with E-state index in [1.165, 1.54) is 0 Å². The average Bonchev–Trinajstić information content (AvgIpc) is 2.53. The maximum atomic E-state index is 11.0. The molecule has 0 saturated carbocycles. The largest absolute Gasteiger partial charge is 0.506 e. The molecule has 0 spiro atoms. The topological polar surface area (TPSA) is 40.5 Å². The number of benzene rings is 1. The van der Waals surface area contributed by atoms with Gasteiger partial charge in [-0.3, -0.25) is 4.79 Å². The SMILES string of the molecule is O=C1CCN(c2ccccc2O)C1. The second-order valence-electron chi connectivity index (χ2n) is 3.20. The lowest BCUT2D eigenvalue weighted by Gasteiger charge is -2.17. The molecule has 0 aliphatic carbocycles. The normalized spacial score (nSPS) is 16.6. The highest BCUT2D eigenvalue weighted by Gasteiger charge is 2.20. The summed E-state index contributed by atoms with van der Waals surface area (Å²) in [6.45, 7) is 1.15. The van der Waals surface area contributed by atoms with Gasteiger partial charge in [-0.15, -0.1) is 0 Å². The van der Waals surface area contributed by atoms with Crippen molar-refractivity contribution >= 4 is 11.5 Å². The summed E-state index contributed by atoms with van der Waals surface area (Å²) in [4.78, 5) is 12.9. The minimum atomic E-state index is 0.239. The summed E-state index contributed by atoms with van der Waals surface area (Å²) < 4.78 is 0. The second-order valence-corrected chi connectivity index (χ2v) is 3.20. The first-order chi connectivity index (χ1) is 6.27. The quantitative estimate of drug-likeness (QED) is 0.700. The molecular weight excluding hydrogens is 166 g/mol. The first-order valence-electron chi connectivity index (χ1n) is 4.32. The van der Waals surface area contributed by atoms with Gasteiger partial charge < -0.3 is 10.0 Å². The lowest BCUT2D eigenvalue weighted by molar-refractivity contribution is -0.116. The number of ketones is 1. The van der Waals surface area contributed by atoms with Crippen molar-refractivity contribution in [2.24, 2.45) is 0 Å². The Hall–Kier alpha value is -1.51. The molecule has 1 N–H and O–H groups in total. The zero-order chi connectivity index (χ0) is 9.26. The van der Waals surface area contributed by atoms with Crippen LogP contribution in [-0.2, 0) is 4.79 Å². The Morgan fingerprint density at radius 1 is 1.31 bits per heavy atom. The second kappa shape index (κ2) is 3.09. The van der Waals surface area contributed by atoms with Gasteiger partial charge in [0.15, 0.2) is 5.78 Å². The predicted octanol–water partition coefficient (Wildman–Crippen LogP) is 1.17. The standard InChI is InChI=1S/C10H11NO2/c12-8-5-6-11(7-8)9-3-1-2-4-10(9)13/h1-4,13H,5-7H2.